The summed E-state index contributed by atoms with van der Waals surface area (Å²) in [5.74, 6) is 0.347. The van der Waals surface area contributed by atoms with E-state index in [4.69, 9.17) is 11.0 Å². The van der Waals surface area contributed by atoms with Gasteiger partial charge in [-0.05, 0) is 31.8 Å². The smallest absolute Gasteiger partial charge is 0.157 e. The first-order valence-electron chi connectivity index (χ1n) is 5.07. The molecule has 1 rings (SSSR count). The van der Waals surface area contributed by atoms with Gasteiger partial charge in [-0.3, -0.25) is 0 Å². The van der Waals surface area contributed by atoms with Crippen molar-refractivity contribution in [1.82, 2.24) is 4.37 Å². The number of rotatable bonds is 4. The molecule has 15 heavy (non-hydrogen) atoms. The zero-order valence-electron chi connectivity index (χ0n) is 9.32. The highest BCUT2D eigenvalue weighted by Gasteiger charge is 2.19. The predicted octanol–water partition coefficient (Wildman–Crippen LogP) is 2.22. The van der Waals surface area contributed by atoms with Crippen LogP contribution in [0.25, 0.3) is 0 Å². The number of hydrogen-bond donors (Lipinski definition) is 1. The Morgan fingerprint density at radius 3 is 2.73 bits per heavy atom. The number of nitriles is 1. The molecule has 0 saturated heterocycles. The summed E-state index contributed by atoms with van der Waals surface area (Å²) in [6, 6.07) is 2.52. The van der Waals surface area contributed by atoms with Crippen molar-refractivity contribution in [1.29, 1.82) is 5.26 Å². The lowest BCUT2D eigenvalue weighted by Gasteiger charge is -2.27. The summed E-state index contributed by atoms with van der Waals surface area (Å²) in [5, 5.41) is 9.89. The Kier molecular flexibility index (Phi) is 3.92. The molecule has 0 spiro atoms. The van der Waals surface area contributed by atoms with Crippen LogP contribution in [-0.4, -0.2) is 17.0 Å². The summed E-state index contributed by atoms with van der Waals surface area (Å²) in [5.41, 5.74) is 6.15. The molecule has 0 fully saturated rings. The summed E-state index contributed by atoms with van der Waals surface area (Å²) in [7, 11) is 0. The first-order valence-corrected chi connectivity index (χ1v) is 5.84. The molecule has 0 aliphatic heterocycles. The molecule has 5 heteroatoms. The minimum absolute atomic E-state index is 0.347. The highest BCUT2D eigenvalue weighted by Crippen LogP contribution is 2.31. The van der Waals surface area contributed by atoms with Crippen molar-refractivity contribution in [3.63, 3.8) is 0 Å². The topological polar surface area (TPSA) is 65.9 Å². The van der Waals surface area contributed by atoms with Crippen LogP contribution < -0.4 is 10.6 Å². The van der Waals surface area contributed by atoms with Gasteiger partial charge in [-0.2, -0.15) is 9.64 Å². The quantitative estimate of drug-likeness (QED) is 0.851. The van der Waals surface area contributed by atoms with Gasteiger partial charge >= 0.3 is 0 Å². The average molecular weight is 224 g/mol. The largest absolute Gasteiger partial charge is 0.382 e. The molecule has 82 valence electrons. The number of nitrogens with zero attached hydrogens (tertiary/aromatic N) is 3. The van der Waals surface area contributed by atoms with Gasteiger partial charge in [0.2, 0.25) is 0 Å². The molecular formula is C10H16N4S. The van der Waals surface area contributed by atoms with Crippen molar-refractivity contribution in [2.75, 3.05) is 17.2 Å². The normalized spacial score (nSPS) is 12.1. The van der Waals surface area contributed by atoms with Gasteiger partial charge in [0.25, 0.3) is 0 Å². The van der Waals surface area contributed by atoms with Gasteiger partial charge in [0.15, 0.2) is 5.82 Å². The average Bonchev–Trinajstić information content (AvgIpc) is 2.60. The van der Waals surface area contributed by atoms with Crippen LogP contribution in [-0.2, 0) is 0 Å². The van der Waals surface area contributed by atoms with Crippen molar-refractivity contribution in [3.05, 3.63) is 5.56 Å². The highest BCUT2D eigenvalue weighted by molar-refractivity contribution is 7.10. The molecule has 0 bridgehead atoms. The van der Waals surface area contributed by atoms with Gasteiger partial charge in [0.05, 0.1) is 0 Å². The Morgan fingerprint density at radius 1 is 1.60 bits per heavy atom. The van der Waals surface area contributed by atoms with E-state index in [1.165, 1.54) is 11.5 Å². The molecule has 4 nitrogen and oxygen atoms in total. The summed E-state index contributed by atoms with van der Waals surface area (Å²) >= 11 is 1.31. The lowest BCUT2D eigenvalue weighted by molar-refractivity contribution is 0.634. The molecular weight excluding hydrogens is 208 g/mol. The second kappa shape index (κ2) is 4.99. The van der Waals surface area contributed by atoms with Crippen LogP contribution in [0.3, 0.4) is 0 Å². The van der Waals surface area contributed by atoms with Crippen LogP contribution in [0.2, 0.25) is 0 Å². The Labute approximate surface area is 94.5 Å². The van der Waals surface area contributed by atoms with Gasteiger partial charge in [0.1, 0.15) is 16.6 Å². The van der Waals surface area contributed by atoms with E-state index in [0.29, 0.717) is 17.4 Å². The maximum absolute atomic E-state index is 9.00. The van der Waals surface area contributed by atoms with Crippen LogP contribution in [0.4, 0.5) is 10.8 Å². The molecule has 0 saturated carbocycles. The van der Waals surface area contributed by atoms with Crippen LogP contribution in [0.5, 0.6) is 0 Å². The van der Waals surface area contributed by atoms with Crippen molar-refractivity contribution in [2.24, 2.45) is 0 Å². The van der Waals surface area contributed by atoms with E-state index in [1.807, 2.05) is 0 Å². The minimum Gasteiger partial charge on any atom is -0.382 e. The zero-order valence-corrected chi connectivity index (χ0v) is 10.1. The van der Waals surface area contributed by atoms with Crippen molar-refractivity contribution in [3.8, 4) is 6.07 Å². The van der Waals surface area contributed by atoms with Gasteiger partial charge < -0.3 is 10.6 Å². The van der Waals surface area contributed by atoms with E-state index in [2.05, 4.69) is 36.1 Å². The maximum atomic E-state index is 9.00. The molecule has 2 N–H and O–H groups in total. The number of aromatic nitrogens is 1. The van der Waals surface area contributed by atoms with E-state index in [9.17, 15) is 0 Å². The summed E-state index contributed by atoms with van der Waals surface area (Å²) in [6.45, 7) is 7.21. The fraction of sp³-hybridized carbons (Fsp3) is 0.600. The molecule has 0 aliphatic rings. The first kappa shape index (κ1) is 11.8. The predicted molar refractivity (Wildman–Crippen MR) is 64.0 cm³/mol. The third-order valence-corrected chi connectivity index (χ3v) is 3.44. The monoisotopic (exact) mass is 224 g/mol. The number of nitrogen functional groups attached to an aromatic ring is 1. The highest BCUT2D eigenvalue weighted by atomic mass is 32.1. The van der Waals surface area contributed by atoms with Crippen LogP contribution in [0.15, 0.2) is 0 Å². The Bertz CT molecular complexity index is 366. The Morgan fingerprint density at radius 2 is 2.27 bits per heavy atom. The maximum Gasteiger partial charge on any atom is 0.157 e. The second-order valence-electron chi connectivity index (χ2n) is 3.40. The molecule has 1 unspecified atom stereocenters. The van der Waals surface area contributed by atoms with Crippen molar-refractivity contribution >= 4 is 22.4 Å². The fourth-order valence-electron chi connectivity index (χ4n) is 1.47. The molecule has 1 heterocycles. The molecule has 0 amide bonds. The van der Waals surface area contributed by atoms with Crippen molar-refractivity contribution < 1.29 is 0 Å². The van der Waals surface area contributed by atoms with E-state index in [0.717, 1.165) is 18.0 Å². The molecule has 1 aromatic rings. The molecule has 0 radical (unpaired) electrons. The fourth-order valence-corrected chi connectivity index (χ4v) is 2.40. The second-order valence-corrected chi connectivity index (χ2v) is 4.15. The number of nitrogens with two attached hydrogens (primary N) is 1. The van der Waals surface area contributed by atoms with Crippen LogP contribution >= 0.6 is 11.5 Å². The SMILES string of the molecule is CCC(C)N(CC)c1snc(N)c1C#N. The van der Waals surface area contributed by atoms with Gasteiger partial charge in [-0.15, -0.1) is 0 Å². The summed E-state index contributed by atoms with van der Waals surface area (Å²) in [6.07, 6.45) is 1.04. The lowest BCUT2D eigenvalue weighted by atomic mass is 10.2. The lowest BCUT2D eigenvalue weighted by Crippen LogP contribution is -2.32. The third kappa shape index (κ3) is 2.21. The molecule has 1 aromatic heterocycles. The first-order chi connectivity index (χ1) is 7.15. The van der Waals surface area contributed by atoms with Gasteiger partial charge in [-0.25, -0.2) is 0 Å². The van der Waals surface area contributed by atoms with Crippen LogP contribution in [0.1, 0.15) is 32.8 Å². The van der Waals surface area contributed by atoms with E-state index in [-0.39, 0.29) is 0 Å². The molecule has 0 aromatic carbocycles. The Hall–Kier alpha value is -1.28. The van der Waals surface area contributed by atoms with E-state index >= 15 is 0 Å². The van der Waals surface area contributed by atoms with E-state index < -0.39 is 0 Å². The van der Waals surface area contributed by atoms with Gasteiger partial charge in [-0.1, -0.05) is 6.92 Å². The number of anilines is 2. The summed E-state index contributed by atoms with van der Waals surface area (Å²) in [4.78, 5) is 2.17. The van der Waals surface area contributed by atoms with Crippen LogP contribution in [0, 0.1) is 11.3 Å². The Balaban J connectivity index is 3.08. The van der Waals surface area contributed by atoms with Crippen molar-refractivity contribution in [2.45, 2.75) is 33.2 Å². The minimum atomic E-state index is 0.347. The number of hydrogen-bond acceptors (Lipinski definition) is 5. The van der Waals surface area contributed by atoms with E-state index in [1.54, 1.807) is 0 Å². The molecule has 1 atom stereocenters. The summed E-state index contributed by atoms with van der Waals surface area (Å²) < 4.78 is 4.03. The van der Waals surface area contributed by atoms with Gasteiger partial charge in [0, 0.05) is 12.6 Å². The standard InChI is InChI=1S/C10H16N4S/c1-4-7(3)14(5-2)10-8(6-11)9(12)13-15-10/h7H,4-5H2,1-3H3,(H2,12,13). The third-order valence-electron chi connectivity index (χ3n) is 2.54. The zero-order chi connectivity index (χ0) is 11.4. The molecule has 0 aliphatic carbocycles.